The molecule has 1 heterocycles. The summed E-state index contributed by atoms with van der Waals surface area (Å²) in [5.41, 5.74) is 0.874. The van der Waals surface area contributed by atoms with Crippen molar-refractivity contribution in [3.8, 4) is 0 Å². The zero-order valence-corrected chi connectivity index (χ0v) is 9.79. The Morgan fingerprint density at radius 2 is 1.92 bits per heavy atom. The highest BCUT2D eigenvalue weighted by Crippen LogP contribution is 2.18. The summed E-state index contributed by atoms with van der Waals surface area (Å²) < 4.78 is 0. The average Bonchev–Trinajstić information content (AvgIpc) is 2.47. The first-order chi connectivity index (χ1) is 6.15. The number of thiazole rings is 1. The molecule has 0 spiro atoms. The summed E-state index contributed by atoms with van der Waals surface area (Å²) in [6, 6.07) is 0. The topological polar surface area (TPSA) is 30.0 Å². The average molecular weight is 199 g/mol. The Morgan fingerprint density at radius 3 is 2.23 bits per heavy atom. The fourth-order valence-electron chi connectivity index (χ4n) is 0.951. The van der Waals surface area contributed by atoms with Crippen LogP contribution in [0.15, 0.2) is 0 Å². The molecule has 1 aromatic heterocycles. The molecule has 0 aromatic carbocycles. The third-order valence-corrected chi connectivity index (χ3v) is 2.59. The zero-order chi connectivity index (χ0) is 10.4. The van der Waals surface area contributed by atoms with Gasteiger partial charge >= 0.3 is 0 Å². The van der Waals surface area contributed by atoms with E-state index in [0.29, 0.717) is 6.42 Å². The van der Waals surface area contributed by atoms with E-state index in [9.17, 15) is 4.79 Å². The maximum atomic E-state index is 11.2. The van der Waals surface area contributed by atoms with Crippen molar-refractivity contribution >= 4 is 17.1 Å². The van der Waals surface area contributed by atoms with Gasteiger partial charge in [-0.25, -0.2) is 4.98 Å². The second kappa shape index (κ2) is 5.86. The molecule has 0 fully saturated rings. The summed E-state index contributed by atoms with van der Waals surface area (Å²) >= 11 is 1.49. The summed E-state index contributed by atoms with van der Waals surface area (Å²) in [5.74, 6) is 0.202. The van der Waals surface area contributed by atoms with E-state index in [1.165, 1.54) is 11.3 Å². The molecule has 0 amide bonds. The van der Waals surface area contributed by atoms with Crippen molar-refractivity contribution in [3.63, 3.8) is 0 Å². The SMILES string of the molecule is CC.CCC(=O)c1sc(C)nc1C. The van der Waals surface area contributed by atoms with Crippen molar-refractivity contribution < 1.29 is 4.79 Å². The van der Waals surface area contributed by atoms with E-state index in [1.54, 1.807) is 0 Å². The van der Waals surface area contributed by atoms with Crippen molar-refractivity contribution in [3.05, 3.63) is 15.6 Å². The van der Waals surface area contributed by atoms with Gasteiger partial charge in [0.05, 0.1) is 15.6 Å². The van der Waals surface area contributed by atoms with Gasteiger partial charge in [-0.05, 0) is 13.8 Å². The van der Waals surface area contributed by atoms with Crippen LogP contribution in [0.25, 0.3) is 0 Å². The van der Waals surface area contributed by atoms with E-state index in [1.807, 2.05) is 34.6 Å². The van der Waals surface area contributed by atoms with Crippen LogP contribution in [0.4, 0.5) is 0 Å². The minimum absolute atomic E-state index is 0.202. The van der Waals surface area contributed by atoms with E-state index >= 15 is 0 Å². The molecule has 2 nitrogen and oxygen atoms in total. The number of Topliss-reactive ketones (excluding diaryl/α,β-unsaturated/α-hetero) is 1. The van der Waals surface area contributed by atoms with Gasteiger partial charge in [0.2, 0.25) is 0 Å². The maximum Gasteiger partial charge on any atom is 0.174 e. The number of nitrogens with zero attached hydrogens (tertiary/aromatic N) is 1. The minimum Gasteiger partial charge on any atom is -0.293 e. The summed E-state index contributed by atoms with van der Waals surface area (Å²) in [5, 5.41) is 0.972. The molecule has 74 valence electrons. The van der Waals surface area contributed by atoms with Gasteiger partial charge in [-0.15, -0.1) is 11.3 Å². The van der Waals surface area contributed by atoms with Crippen LogP contribution in [0.3, 0.4) is 0 Å². The van der Waals surface area contributed by atoms with Crippen LogP contribution in [-0.2, 0) is 0 Å². The van der Waals surface area contributed by atoms with Gasteiger partial charge in [0, 0.05) is 6.42 Å². The van der Waals surface area contributed by atoms with Crippen LogP contribution in [0.2, 0.25) is 0 Å². The lowest BCUT2D eigenvalue weighted by molar-refractivity contribution is 0.0991. The number of hydrogen-bond donors (Lipinski definition) is 0. The number of carbonyl (C=O) groups is 1. The number of aromatic nitrogens is 1. The van der Waals surface area contributed by atoms with Crippen molar-refractivity contribution in [1.82, 2.24) is 4.98 Å². The first-order valence-electron chi connectivity index (χ1n) is 4.62. The van der Waals surface area contributed by atoms with Crippen molar-refractivity contribution in [2.45, 2.75) is 41.0 Å². The second-order valence-corrected chi connectivity index (χ2v) is 3.63. The first kappa shape index (κ1) is 12.3. The third-order valence-electron chi connectivity index (χ3n) is 1.48. The third kappa shape index (κ3) is 3.27. The van der Waals surface area contributed by atoms with Crippen molar-refractivity contribution in [2.75, 3.05) is 0 Å². The van der Waals surface area contributed by atoms with Crippen LogP contribution < -0.4 is 0 Å². The molecular weight excluding hydrogens is 182 g/mol. The lowest BCUT2D eigenvalue weighted by Gasteiger charge is -1.90. The second-order valence-electron chi connectivity index (χ2n) is 2.42. The molecular formula is C10H17NOS. The maximum absolute atomic E-state index is 11.2. The Morgan fingerprint density at radius 1 is 1.38 bits per heavy atom. The monoisotopic (exact) mass is 199 g/mol. The van der Waals surface area contributed by atoms with Crippen molar-refractivity contribution in [2.24, 2.45) is 0 Å². The van der Waals surface area contributed by atoms with E-state index in [-0.39, 0.29) is 5.78 Å². The standard InChI is InChI=1S/C8H11NOS.C2H6/c1-4-7(10)8-5(2)9-6(3)11-8;1-2/h4H2,1-3H3;1-2H3. The summed E-state index contributed by atoms with van der Waals surface area (Å²) in [7, 11) is 0. The van der Waals surface area contributed by atoms with Gasteiger partial charge < -0.3 is 0 Å². The van der Waals surface area contributed by atoms with E-state index in [2.05, 4.69) is 4.98 Å². The fourth-order valence-corrected chi connectivity index (χ4v) is 1.88. The lowest BCUT2D eigenvalue weighted by atomic mass is 10.2. The van der Waals surface area contributed by atoms with Gasteiger partial charge in [-0.1, -0.05) is 20.8 Å². The number of rotatable bonds is 2. The molecule has 0 radical (unpaired) electrons. The molecule has 1 rings (SSSR count). The Hall–Kier alpha value is -0.700. The zero-order valence-electron chi connectivity index (χ0n) is 8.97. The minimum atomic E-state index is 0.202. The van der Waals surface area contributed by atoms with Gasteiger partial charge in [0.25, 0.3) is 0 Å². The van der Waals surface area contributed by atoms with Crippen molar-refractivity contribution in [1.29, 1.82) is 0 Å². The van der Waals surface area contributed by atoms with Gasteiger partial charge in [0.1, 0.15) is 0 Å². The number of carbonyl (C=O) groups excluding carboxylic acids is 1. The van der Waals surface area contributed by atoms with Crippen LogP contribution in [-0.4, -0.2) is 10.8 Å². The molecule has 0 aliphatic heterocycles. The van der Waals surface area contributed by atoms with E-state index in [4.69, 9.17) is 0 Å². The first-order valence-corrected chi connectivity index (χ1v) is 5.44. The number of hydrogen-bond acceptors (Lipinski definition) is 3. The Bertz CT molecular complexity index is 278. The highest BCUT2D eigenvalue weighted by Gasteiger charge is 2.10. The molecule has 0 bridgehead atoms. The largest absolute Gasteiger partial charge is 0.293 e. The smallest absolute Gasteiger partial charge is 0.174 e. The number of ketones is 1. The predicted molar refractivity (Wildman–Crippen MR) is 57.6 cm³/mol. The van der Waals surface area contributed by atoms with Crippen LogP contribution >= 0.6 is 11.3 Å². The normalized spacial score (nSPS) is 9.00. The van der Waals surface area contributed by atoms with Crippen LogP contribution in [0.1, 0.15) is 47.6 Å². The van der Waals surface area contributed by atoms with E-state index < -0.39 is 0 Å². The molecule has 0 atom stereocenters. The Labute approximate surface area is 84.0 Å². The highest BCUT2D eigenvalue weighted by molar-refractivity contribution is 7.13. The molecule has 0 N–H and O–H groups in total. The quantitative estimate of drug-likeness (QED) is 0.683. The van der Waals surface area contributed by atoms with Gasteiger partial charge in [-0.3, -0.25) is 4.79 Å². The molecule has 0 aliphatic rings. The molecule has 0 unspecified atom stereocenters. The molecule has 0 saturated heterocycles. The fraction of sp³-hybridized carbons (Fsp3) is 0.600. The summed E-state index contributed by atoms with van der Waals surface area (Å²) in [4.78, 5) is 16.2. The lowest BCUT2D eigenvalue weighted by Crippen LogP contribution is -1.94. The number of aryl methyl sites for hydroxylation is 2. The van der Waals surface area contributed by atoms with Crippen LogP contribution in [0, 0.1) is 13.8 Å². The summed E-state index contributed by atoms with van der Waals surface area (Å²) in [6.07, 6.45) is 0.572. The summed E-state index contributed by atoms with van der Waals surface area (Å²) in [6.45, 7) is 9.67. The Balaban J connectivity index is 0.000000671. The van der Waals surface area contributed by atoms with E-state index in [0.717, 1.165) is 15.6 Å². The Kier molecular flexibility index (Phi) is 5.55. The molecule has 13 heavy (non-hydrogen) atoms. The predicted octanol–water partition coefficient (Wildman–Crippen LogP) is 3.38. The van der Waals surface area contributed by atoms with Gasteiger partial charge in [-0.2, -0.15) is 0 Å². The highest BCUT2D eigenvalue weighted by atomic mass is 32.1. The molecule has 0 saturated carbocycles. The molecule has 1 aromatic rings. The van der Waals surface area contributed by atoms with Crippen LogP contribution in [0.5, 0.6) is 0 Å². The molecule has 0 aliphatic carbocycles. The molecule has 3 heteroatoms. The van der Waals surface area contributed by atoms with Gasteiger partial charge in [0.15, 0.2) is 5.78 Å².